The predicted octanol–water partition coefficient (Wildman–Crippen LogP) is 1.16. The molecule has 0 bridgehead atoms. The van der Waals surface area contributed by atoms with Gasteiger partial charge >= 0.3 is 0 Å². The smallest absolute Gasteiger partial charge is 0.134 e. The third kappa shape index (κ3) is 4.46. The van der Waals surface area contributed by atoms with Crippen molar-refractivity contribution in [3.8, 4) is 0 Å². The van der Waals surface area contributed by atoms with Gasteiger partial charge in [-0.1, -0.05) is 6.92 Å². The Bertz CT molecular complexity index is 347. The standard InChI is InChI=1S/C12H22N4O2/c1-4-10-11(13-2)15-9-16-12(10)14-5-6-18-8-7-17-3/h9H,4-8H2,1-3H3,(H2,13,14,15,16). The van der Waals surface area contributed by atoms with Crippen LogP contribution in [0.4, 0.5) is 11.6 Å². The summed E-state index contributed by atoms with van der Waals surface area (Å²) in [6, 6.07) is 0. The van der Waals surface area contributed by atoms with E-state index in [9.17, 15) is 0 Å². The van der Waals surface area contributed by atoms with Gasteiger partial charge in [-0.2, -0.15) is 0 Å². The van der Waals surface area contributed by atoms with Gasteiger partial charge in [-0.15, -0.1) is 0 Å². The molecular formula is C12H22N4O2. The van der Waals surface area contributed by atoms with E-state index in [0.29, 0.717) is 19.8 Å². The van der Waals surface area contributed by atoms with Gasteiger partial charge in [-0.25, -0.2) is 9.97 Å². The highest BCUT2D eigenvalue weighted by molar-refractivity contribution is 5.56. The molecule has 0 aromatic carbocycles. The van der Waals surface area contributed by atoms with Crippen molar-refractivity contribution in [3.05, 3.63) is 11.9 Å². The third-order valence-electron chi connectivity index (χ3n) is 2.51. The maximum atomic E-state index is 5.38. The molecule has 1 aromatic heterocycles. The first-order valence-electron chi connectivity index (χ1n) is 6.15. The Morgan fingerprint density at radius 3 is 2.61 bits per heavy atom. The molecule has 2 N–H and O–H groups in total. The van der Waals surface area contributed by atoms with E-state index in [1.54, 1.807) is 13.4 Å². The summed E-state index contributed by atoms with van der Waals surface area (Å²) < 4.78 is 10.3. The van der Waals surface area contributed by atoms with Gasteiger partial charge in [0.15, 0.2) is 0 Å². The monoisotopic (exact) mass is 254 g/mol. The first kappa shape index (κ1) is 14.7. The predicted molar refractivity (Wildman–Crippen MR) is 72.1 cm³/mol. The molecule has 0 amide bonds. The zero-order chi connectivity index (χ0) is 13.2. The van der Waals surface area contributed by atoms with Crippen molar-refractivity contribution in [3.63, 3.8) is 0 Å². The van der Waals surface area contributed by atoms with Gasteiger partial charge in [-0.3, -0.25) is 0 Å². The van der Waals surface area contributed by atoms with Crippen molar-refractivity contribution in [2.75, 3.05) is 51.2 Å². The molecule has 0 radical (unpaired) electrons. The highest BCUT2D eigenvalue weighted by atomic mass is 16.5. The number of methoxy groups -OCH3 is 1. The second-order valence-electron chi connectivity index (χ2n) is 3.68. The van der Waals surface area contributed by atoms with E-state index in [-0.39, 0.29) is 0 Å². The number of hydrogen-bond donors (Lipinski definition) is 2. The van der Waals surface area contributed by atoms with Crippen LogP contribution in [0.15, 0.2) is 6.33 Å². The molecule has 1 heterocycles. The second-order valence-corrected chi connectivity index (χ2v) is 3.68. The van der Waals surface area contributed by atoms with E-state index in [4.69, 9.17) is 9.47 Å². The maximum Gasteiger partial charge on any atom is 0.134 e. The van der Waals surface area contributed by atoms with Crippen LogP contribution in [0.3, 0.4) is 0 Å². The second kappa shape index (κ2) is 8.66. The van der Waals surface area contributed by atoms with Crippen molar-refractivity contribution in [2.45, 2.75) is 13.3 Å². The van der Waals surface area contributed by atoms with Gasteiger partial charge < -0.3 is 20.1 Å². The fourth-order valence-corrected chi connectivity index (χ4v) is 1.60. The molecule has 0 saturated carbocycles. The van der Waals surface area contributed by atoms with Crippen LogP contribution in [0.2, 0.25) is 0 Å². The Labute approximate surface area is 108 Å². The third-order valence-corrected chi connectivity index (χ3v) is 2.51. The zero-order valence-electron chi connectivity index (χ0n) is 11.3. The average molecular weight is 254 g/mol. The molecule has 0 aliphatic carbocycles. The lowest BCUT2D eigenvalue weighted by atomic mass is 10.2. The summed E-state index contributed by atoms with van der Waals surface area (Å²) in [5.74, 6) is 1.74. The lowest BCUT2D eigenvalue weighted by Crippen LogP contribution is -2.14. The SMILES string of the molecule is CCc1c(NC)ncnc1NCCOCCOC. The molecule has 1 aromatic rings. The minimum absolute atomic E-state index is 0.615. The fraction of sp³-hybridized carbons (Fsp3) is 0.667. The normalized spacial score (nSPS) is 10.4. The van der Waals surface area contributed by atoms with E-state index in [2.05, 4.69) is 27.5 Å². The Morgan fingerprint density at radius 2 is 1.94 bits per heavy atom. The number of nitrogens with zero attached hydrogens (tertiary/aromatic N) is 2. The summed E-state index contributed by atoms with van der Waals surface area (Å²) in [5, 5.41) is 6.33. The van der Waals surface area contributed by atoms with Crippen molar-refractivity contribution in [1.29, 1.82) is 0 Å². The molecule has 6 nitrogen and oxygen atoms in total. The minimum Gasteiger partial charge on any atom is -0.382 e. The van der Waals surface area contributed by atoms with E-state index < -0.39 is 0 Å². The molecule has 102 valence electrons. The van der Waals surface area contributed by atoms with E-state index in [0.717, 1.165) is 30.2 Å². The van der Waals surface area contributed by atoms with Gasteiger partial charge in [0, 0.05) is 26.3 Å². The van der Waals surface area contributed by atoms with Gasteiger partial charge in [-0.05, 0) is 6.42 Å². The van der Waals surface area contributed by atoms with Crippen LogP contribution in [0.1, 0.15) is 12.5 Å². The van der Waals surface area contributed by atoms with Crippen molar-refractivity contribution in [1.82, 2.24) is 9.97 Å². The summed E-state index contributed by atoms with van der Waals surface area (Å²) in [5.41, 5.74) is 1.09. The number of aromatic nitrogens is 2. The first-order valence-corrected chi connectivity index (χ1v) is 6.15. The number of anilines is 2. The number of hydrogen-bond acceptors (Lipinski definition) is 6. The molecule has 1 rings (SSSR count). The van der Waals surface area contributed by atoms with Crippen LogP contribution in [-0.4, -0.2) is 50.5 Å². The van der Waals surface area contributed by atoms with Crippen LogP contribution in [0, 0.1) is 0 Å². The number of nitrogens with one attached hydrogen (secondary N) is 2. The highest BCUT2D eigenvalue weighted by Crippen LogP contribution is 2.19. The van der Waals surface area contributed by atoms with Gasteiger partial charge in [0.1, 0.15) is 18.0 Å². The molecule has 0 spiro atoms. The molecule has 0 saturated heterocycles. The molecule has 0 fully saturated rings. The largest absolute Gasteiger partial charge is 0.382 e. The number of rotatable bonds is 9. The molecule has 6 heteroatoms. The first-order chi connectivity index (χ1) is 8.83. The molecule has 0 unspecified atom stereocenters. The minimum atomic E-state index is 0.615. The van der Waals surface area contributed by atoms with Crippen molar-refractivity contribution >= 4 is 11.6 Å². The van der Waals surface area contributed by atoms with Crippen LogP contribution in [0.25, 0.3) is 0 Å². The molecule has 0 aliphatic rings. The average Bonchev–Trinajstić information content (AvgIpc) is 2.42. The Morgan fingerprint density at radius 1 is 1.17 bits per heavy atom. The Hall–Kier alpha value is -1.40. The zero-order valence-corrected chi connectivity index (χ0v) is 11.3. The van der Waals surface area contributed by atoms with Crippen LogP contribution in [0.5, 0.6) is 0 Å². The summed E-state index contributed by atoms with van der Waals surface area (Å²) in [4.78, 5) is 8.44. The lowest BCUT2D eigenvalue weighted by molar-refractivity contribution is 0.0759. The van der Waals surface area contributed by atoms with E-state index in [1.807, 2.05) is 7.05 Å². The molecule has 18 heavy (non-hydrogen) atoms. The molecular weight excluding hydrogens is 232 g/mol. The van der Waals surface area contributed by atoms with Crippen molar-refractivity contribution in [2.24, 2.45) is 0 Å². The molecule has 0 aliphatic heterocycles. The van der Waals surface area contributed by atoms with E-state index in [1.165, 1.54) is 0 Å². The van der Waals surface area contributed by atoms with Gasteiger partial charge in [0.25, 0.3) is 0 Å². The Balaban J connectivity index is 2.41. The quantitative estimate of drug-likeness (QED) is 0.644. The maximum absolute atomic E-state index is 5.38. The van der Waals surface area contributed by atoms with Gasteiger partial charge in [0.05, 0.1) is 19.8 Å². The summed E-state index contributed by atoms with van der Waals surface area (Å²) >= 11 is 0. The number of ether oxygens (including phenoxy) is 2. The highest BCUT2D eigenvalue weighted by Gasteiger charge is 2.07. The van der Waals surface area contributed by atoms with Crippen LogP contribution in [-0.2, 0) is 15.9 Å². The van der Waals surface area contributed by atoms with Crippen LogP contribution < -0.4 is 10.6 Å². The fourth-order valence-electron chi connectivity index (χ4n) is 1.60. The topological polar surface area (TPSA) is 68.3 Å². The van der Waals surface area contributed by atoms with Crippen molar-refractivity contribution < 1.29 is 9.47 Å². The summed E-state index contributed by atoms with van der Waals surface area (Å²) in [7, 11) is 3.52. The Kier molecular flexibility index (Phi) is 7.05. The van der Waals surface area contributed by atoms with Crippen LogP contribution >= 0.6 is 0 Å². The molecule has 0 atom stereocenters. The summed E-state index contributed by atoms with van der Waals surface area (Å²) in [6.45, 7) is 4.67. The van der Waals surface area contributed by atoms with Gasteiger partial charge in [0.2, 0.25) is 0 Å². The summed E-state index contributed by atoms with van der Waals surface area (Å²) in [6.07, 6.45) is 2.43. The lowest BCUT2D eigenvalue weighted by Gasteiger charge is -2.12. The van der Waals surface area contributed by atoms with E-state index >= 15 is 0 Å².